The van der Waals surface area contributed by atoms with Crippen molar-refractivity contribution in [2.75, 3.05) is 13.1 Å². The lowest BCUT2D eigenvalue weighted by atomic mass is 9.97. The molecule has 0 aromatic carbocycles. The molecule has 1 heterocycles. The van der Waals surface area contributed by atoms with Crippen molar-refractivity contribution >= 4 is 6.03 Å². The zero-order chi connectivity index (χ0) is 12.0. The fourth-order valence-corrected chi connectivity index (χ4v) is 1.23. The van der Waals surface area contributed by atoms with Crippen molar-refractivity contribution in [1.82, 2.24) is 15.2 Å². The van der Waals surface area contributed by atoms with Crippen LogP contribution in [-0.4, -0.2) is 23.7 Å². The van der Waals surface area contributed by atoms with E-state index in [2.05, 4.69) is 31.4 Å². The van der Waals surface area contributed by atoms with E-state index in [1.807, 2.05) is 29.1 Å². The number of aromatic nitrogens is 1. The lowest BCUT2D eigenvalue weighted by Crippen LogP contribution is -2.40. The standard InChI is InChI=1S/C12H21N3O/c1-12(2,3)10-14-11(16)13-6-9-15-7-4-5-8-15/h4-5,7-8H,6,9-10H2,1-3H3,(H2,13,14,16). The topological polar surface area (TPSA) is 46.1 Å². The molecule has 4 heteroatoms. The van der Waals surface area contributed by atoms with Crippen LogP contribution in [0.2, 0.25) is 0 Å². The maximum absolute atomic E-state index is 11.4. The first-order valence-electron chi connectivity index (χ1n) is 5.60. The normalized spacial score (nSPS) is 11.2. The summed E-state index contributed by atoms with van der Waals surface area (Å²) in [7, 11) is 0. The van der Waals surface area contributed by atoms with E-state index in [9.17, 15) is 4.79 Å². The van der Waals surface area contributed by atoms with E-state index in [0.717, 1.165) is 6.54 Å². The zero-order valence-corrected chi connectivity index (χ0v) is 10.3. The van der Waals surface area contributed by atoms with Crippen LogP contribution >= 0.6 is 0 Å². The van der Waals surface area contributed by atoms with Crippen LogP contribution in [0.25, 0.3) is 0 Å². The molecule has 0 aliphatic carbocycles. The molecule has 0 radical (unpaired) electrons. The summed E-state index contributed by atoms with van der Waals surface area (Å²) in [5.74, 6) is 0. The fraction of sp³-hybridized carbons (Fsp3) is 0.583. The Morgan fingerprint density at radius 3 is 2.38 bits per heavy atom. The van der Waals surface area contributed by atoms with Crippen LogP contribution in [0.4, 0.5) is 4.79 Å². The summed E-state index contributed by atoms with van der Waals surface area (Å²) in [4.78, 5) is 11.4. The third-order valence-corrected chi connectivity index (χ3v) is 2.10. The Hall–Kier alpha value is -1.45. The quantitative estimate of drug-likeness (QED) is 0.803. The maximum Gasteiger partial charge on any atom is 0.314 e. The van der Waals surface area contributed by atoms with Crippen LogP contribution in [0.3, 0.4) is 0 Å². The van der Waals surface area contributed by atoms with Gasteiger partial charge in [-0.25, -0.2) is 4.79 Å². The number of urea groups is 1. The number of hydrogen-bond donors (Lipinski definition) is 2. The van der Waals surface area contributed by atoms with Crippen molar-refractivity contribution < 1.29 is 4.79 Å². The van der Waals surface area contributed by atoms with Gasteiger partial charge in [-0.15, -0.1) is 0 Å². The molecular weight excluding hydrogens is 202 g/mol. The average molecular weight is 223 g/mol. The summed E-state index contributed by atoms with van der Waals surface area (Å²) >= 11 is 0. The lowest BCUT2D eigenvalue weighted by molar-refractivity contribution is 0.235. The minimum Gasteiger partial charge on any atom is -0.353 e. The van der Waals surface area contributed by atoms with E-state index < -0.39 is 0 Å². The number of hydrogen-bond acceptors (Lipinski definition) is 1. The molecule has 0 unspecified atom stereocenters. The van der Waals surface area contributed by atoms with Crippen LogP contribution < -0.4 is 10.6 Å². The zero-order valence-electron chi connectivity index (χ0n) is 10.3. The monoisotopic (exact) mass is 223 g/mol. The van der Waals surface area contributed by atoms with Gasteiger partial charge in [-0.05, 0) is 17.5 Å². The highest BCUT2D eigenvalue weighted by atomic mass is 16.2. The molecular formula is C12H21N3O. The molecule has 4 nitrogen and oxygen atoms in total. The van der Waals surface area contributed by atoms with Gasteiger partial charge in [0.15, 0.2) is 0 Å². The molecule has 0 aliphatic rings. The van der Waals surface area contributed by atoms with Crippen molar-refractivity contribution in [3.8, 4) is 0 Å². The average Bonchev–Trinajstić information content (AvgIpc) is 2.66. The number of carbonyl (C=O) groups excluding carboxylic acids is 1. The molecule has 90 valence electrons. The van der Waals surface area contributed by atoms with Gasteiger partial charge >= 0.3 is 6.03 Å². The summed E-state index contributed by atoms with van der Waals surface area (Å²) in [6.45, 7) is 8.40. The van der Waals surface area contributed by atoms with E-state index in [4.69, 9.17) is 0 Å². The van der Waals surface area contributed by atoms with E-state index in [1.54, 1.807) is 0 Å². The van der Waals surface area contributed by atoms with Crippen molar-refractivity contribution in [1.29, 1.82) is 0 Å². The molecule has 0 spiro atoms. The van der Waals surface area contributed by atoms with Crippen LogP contribution in [0.15, 0.2) is 24.5 Å². The second-order valence-corrected chi connectivity index (χ2v) is 5.09. The van der Waals surface area contributed by atoms with E-state index in [-0.39, 0.29) is 11.4 Å². The summed E-state index contributed by atoms with van der Waals surface area (Å²) in [6, 6.07) is 3.85. The molecule has 2 N–H and O–H groups in total. The minimum atomic E-state index is -0.0953. The molecule has 0 saturated carbocycles. The molecule has 0 atom stereocenters. The summed E-state index contributed by atoms with van der Waals surface area (Å²) < 4.78 is 2.03. The molecule has 1 rings (SSSR count). The predicted octanol–water partition coefficient (Wildman–Crippen LogP) is 1.83. The molecule has 16 heavy (non-hydrogen) atoms. The van der Waals surface area contributed by atoms with Gasteiger partial charge in [-0.2, -0.15) is 0 Å². The maximum atomic E-state index is 11.4. The van der Waals surface area contributed by atoms with Gasteiger partial charge in [0.05, 0.1) is 0 Å². The summed E-state index contributed by atoms with van der Waals surface area (Å²) in [6.07, 6.45) is 3.96. The SMILES string of the molecule is CC(C)(C)CNC(=O)NCCn1cccc1. The second kappa shape index (κ2) is 5.58. The molecule has 0 aliphatic heterocycles. The van der Waals surface area contributed by atoms with Gasteiger partial charge in [0.2, 0.25) is 0 Å². The Balaban J connectivity index is 2.11. The fourth-order valence-electron chi connectivity index (χ4n) is 1.23. The summed E-state index contributed by atoms with van der Waals surface area (Å²) in [5, 5.41) is 5.67. The predicted molar refractivity (Wildman–Crippen MR) is 65.3 cm³/mol. The molecule has 0 fully saturated rings. The van der Waals surface area contributed by atoms with E-state index >= 15 is 0 Å². The number of rotatable bonds is 4. The first-order valence-corrected chi connectivity index (χ1v) is 5.60. The minimum absolute atomic E-state index is 0.0953. The van der Waals surface area contributed by atoms with E-state index in [0.29, 0.717) is 13.1 Å². The van der Waals surface area contributed by atoms with Gasteiger partial charge < -0.3 is 15.2 Å². The molecule has 2 amide bonds. The highest BCUT2D eigenvalue weighted by Crippen LogP contribution is 2.09. The Bertz CT molecular complexity index is 312. The molecule has 1 aromatic heterocycles. The first-order chi connectivity index (χ1) is 7.47. The third kappa shape index (κ3) is 5.44. The molecule has 1 aromatic rings. The number of carbonyl (C=O) groups is 1. The Kier molecular flexibility index (Phi) is 4.40. The Labute approximate surface area is 97.0 Å². The van der Waals surface area contributed by atoms with Crippen molar-refractivity contribution in [3.05, 3.63) is 24.5 Å². The number of nitrogens with zero attached hydrogens (tertiary/aromatic N) is 1. The highest BCUT2D eigenvalue weighted by Gasteiger charge is 2.11. The molecule has 0 saturated heterocycles. The van der Waals surface area contributed by atoms with Crippen molar-refractivity contribution in [2.45, 2.75) is 27.3 Å². The van der Waals surface area contributed by atoms with Crippen LogP contribution in [0.5, 0.6) is 0 Å². The largest absolute Gasteiger partial charge is 0.353 e. The van der Waals surface area contributed by atoms with Crippen LogP contribution in [0.1, 0.15) is 20.8 Å². The smallest absolute Gasteiger partial charge is 0.314 e. The Morgan fingerprint density at radius 2 is 1.81 bits per heavy atom. The van der Waals surface area contributed by atoms with Crippen LogP contribution in [0, 0.1) is 5.41 Å². The van der Waals surface area contributed by atoms with Gasteiger partial charge in [-0.3, -0.25) is 0 Å². The second-order valence-electron chi connectivity index (χ2n) is 5.09. The first kappa shape index (κ1) is 12.6. The van der Waals surface area contributed by atoms with Crippen LogP contribution in [-0.2, 0) is 6.54 Å². The van der Waals surface area contributed by atoms with Gasteiger partial charge in [0.25, 0.3) is 0 Å². The van der Waals surface area contributed by atoms with E-state index in [1.165, 1.54) is 0 Å². The van der Waals surface area contributed by atoms with Gasteiger partial charge in [0, 0.05) is 32.0 Å². The number of nitrogens with one attached hydrogen (secondary N) is 2. The lowest BCUT2D eigenvalue weighted by Gasteiger charge is -2.18. The molecule has 0 bridgehead atoms. The number of amides is 2. The highest BCUT2D eigenvalue weighted by molar-refractivity contribution is 5.73. The van der Waals surface area contributed by atoms with Gasteiger partial charge in [-0.1, -0.05) is 20.8 Å². The van der Waals surface area contributed by atoms with Crippen molar-refractivity contribution in [3.63, 3.8) is 0 Å². The third-order valence-electron chi connectivity index (χ3n) is 2.10. The summed E-state index contributed by atoms with van der Waals surface area (Å²) in [5.41, 5.74) is 0.123. The van der Waals surface area contributed by atoms with Gasteiger partial charge in [0.1, 0.15) is 0 Å². The van der Waals surface area contributed by atoms with Crippen molar-refractivity contribution in [2.24, 2.45) is 5.41 Å². The Morgan fingerprint density at radius 1 is 1.19 bits per heavy atom.